The van der Waals surface area contributed by atoms with Gasteiger partial charge in [0, 0.05) is 25.8 Å². The van der Waals surface area contributed by atoms with Crippen molar-refractivity contribution < 1.29 is 22.7 Å². The van der Waals surface area contributed by atoms with E-state index in [0.29, 0.717) is 19.8 Å². The molecule has 1 aromatic heterocycles. The average Bonchev–Trinajstić information content (AvgIpc) is 2.73. The highest BCUT2D eigenvalue weighted by Crippen LogP contribution is 2.25. The highest BCUT2D eigenvalue weighted by atomic mass is 32.2. The fourth-order valence-corrected chi connectivity index (χ4v) is 4.37. The monoisotopic (exact) mass is 405 g/mol. The van der Waals surface area contributed by atoms with E-state index in [9.17, 15) is 13.2 Å². The number of benzene rings is 1. The van der Waals surface area contributed by atoms with Crippen LogP contribution in [-0.4, -0.2) is 57.1 Å². The van der Waals surface area contributed by atoms with Gasteiger partial charge < -0.3 is 14.8 Å². The van der Waals surface area contributed by atoms with Gasteiger partial charge in [-0.2, -0.15) is 4.31 Å². The molecule has 1 aliphatic heterocycles. The van der Waals surface area contributed by atoms with E-state index in [4.69, 9.17) is 9.47 Å². The number of nitrogens with one attached hydrogen (secondary N) is 1. The van der Waals surface area contributed by atoms with Gasteiger partial charge in [-0.3, -0.25) is 0 Å². The maximum atomic E-state index is 13.2. The first-order valence-electron chi connectivity index (χ1n) is 8.87. The van der Waals surface area contributed by atoms with Crippen LogP contribution in [0.1, 0.15) is 21.5 Å². The number of anilines is 1. The highest BCUT2D eigenvalue weighted by Gasteiger charge is 2.30. The van der Waals surface area contributed by atoms with Gasteiger partial charge in [0.15, 0.2) is 0 Å². The van der Waals surface area contributed by atoms with Crippen molar-refractivity contribution in [2.24, 2.45) is 0 Å². The lowest BCUT2D eigenvalue weighted by Gasteiger charge is -2.27. The topological polar surface area (TPSA) is 97.8 Å². The molecule has 0 unspecified atom stereocenters. The molecule has 1 saturated heterocycles. The van der Waals surface area contributed by atoms with Crippen LogP contribution in [0.5, 0.6) is 0 Å². The first kappa shape index (κ1) is 20.2. The smallest absolute Gasteiger partial charge is 0.339 e. The summed E-state index contributed by atoms with van der Waals surface area (Å²) in [5, 5.41) is 3.08. The number of carbonyl (C=O) groups is 1. The van der Waals surface area contributed by atoms with Gasteiger partial charge in [0.05, 0.1) is 25.9 Å². The van der Waals surface area contributed by atoms with E-state index in [1.165, 1.54) is 23.7 Å². The maximum absolute atomic E-state index is 13.2. The summed E-state index contributed by atoms with van der Waals surface area (Å²) in [6.07, 6.45) is 1.31. The van der Waals surface area contributed by atoms with Gasteiger partial charge in [0.1, 0.15) is 10.7 Å². The van der Waals surface area contributed by atoms with Crippen molar-refractivity contribution in [1.29, 1.82) is 0 Å². The van der Waals surface area contributed by atoms with Crippen molar-refractivity contribution in [3.05, 3.63) is 53.2 Å². The molecule has 0 spiro atoms. The van der Waals surface area contributed by atoms with E-state index >= 15 is 0 Å². The number of nitrogens with zero attached hydrogens (tertiary/aromatic N) is 2. The van der Waals surface area contributed by atoms with Crippen LogP contribution >= 0.6 is 0 Å². The largest absolute Gasteiger partial charge is 0.465 e. The van der Waals surface area contributed by atoms with Crippen LogP contribution in [0, 0.1) is 6.92 Å². The maximum Gasteiger partial charge on any atom is 0.339 e. The summed E-state index contributed by atoms with van der Waals surface area (Å²) in [4.78, 5) is 16.0. The Hall–Kier alpha value is -2.49. The van der Waals surface area contributed by atoms with Crippen LogP contribution in [0.15, 0.2) is 41.4 Å². The summed E-state index contributed by atoms with van der Waals surface area (Å²) < 4.78 is 37.6. The van der Waals surface area contributed by atoms with Crippen LogP contribution in [0.25, 0.3) is 0 Å². The Morgan fingerprint density at radius 3 is 2.57 bits per heavy atom. The van der Waals surface area contributed by atoms with Gasteiger partial charge in [0.2, 0.25) is 10.0 Å². The van der Waals surface area contributed by atoms with Crippen molar-refractivity contribution in [2.75, 3.05) is 38.7 Å². The first-order chi connectivity index (χ1) is 13.4. The Balaban J connectivity index is 1.94. The highest BCUT2D eigenvalue weighted by molar-refractivity contribution is 7.89. The number of morpholine rings is 1. The van der Waals surface area contributed by atoms with E-state index in [2.05, 4.69) is 10.3 Å². The number of ether oxygens (including phenoxy) is 2. The fourth-order valence-electron chi connectivity index (χ4n) is 2.82. The van der Waals surface area contributed by atoms with Gasteiger partial charge in [-0.05, 0) is 18.6 Å². The number of hydrogen-bond acceptors (Lipinski definition) is 7. The first-order valence-corrected chi connectivity index (χ1v) is 10.3. The van der Waals surface area contributed by atoms with E-state index < -0.39 is 16.0 Å². The van der Waals surface area contributed by atoms with Crippen LogP contribution in [0.2, 0.25) is 0 Å². The molecule has 8 nitrogen and oxygen atoms in total. The van der Waals surface area contributed by atoms with Gasteiger partial charge in [-0.15, -0.1) is 0 Å². The quantitative estimate of drug-likeness (QED) is 0.732. The third-order valence-corrected chi connectivity index (χ3v) is 6.35. The Morgan fingerprint density at radius 2 is 1.93 bits per heavy atom. The number of carbonyl (C=O) groups excluding carboxylic acids is 1. The summed E-state index contributed by atoms with van der Waals surface area (Å²) in [5.41, 5.74) is 2.20. The average molecular weight is 405 g/mol. The number of aromatic nitrogens is 1. The van der Waals surface area contributed by atoms with Crippen LogP contribution in [0.3, 0.4) is 0 Å². The van der Waals surface area contributed by atoms with Crippen molar-refractivity contribution in [2.45, 2.75) is 18.4 Å². The van der Waals surface area contributed by atoms with Crippen molar-refractivity contribution in [1.82, 2.24) is 9.29 Å². The van der Waals surface area contributed by atoms with E-state index in [1.807, 2.05) is 31.2 Å². The minimum atomic E-state index is -3.85. The lowest BCUT2D eigenvalue weighted by Crippen LogP contribution is -2.41. The summed E-state index contributed by atoms with van der Waals surface area (Å²) in [7, 11) is -2.61. The lowest BCUT2D eigenvalue weighted by molar-refractivity contribution is 0.0600. The molecule has 2 heterocycles. The van der Waals surface area contributed by atoms with Gasteiger partial charge in [0.25, 0.3) is 0 Å². The minimum Gasteiger partial charge on any atom is -0.465 e. The van der Waals surface area contributed by atoms with Gasteiger partial charge >= 0.3 is 5.97 Å². The minimum absolute atomic E-state index is 0.0515. The van der Waals surface area contributed by atoms with E-state index in [1.54, 1.807) is 0 Å². The number of esters is 1. The SMILES string of the molecule is COC(=O)c1cnc(NCc2ccc(C)cc2)c(S(=O)(=O)N2CCOCC2)c1. The Kier molecular flexibility index (Phi) is 6.28. The second-order valence-electron chi connectivity index (χ2n) is 6.42. The normalized spacial score (nSPS) is 15.2. The molecule has 1 aromatic carbocycles. The van der Waals surface area contributed by atoms with Crippen LogP contribution in [-0.2, 0) is 26.0 Å². The third-order valence-electron chi connectivity index (χ3n) is 4.44. The predicted octanol–water partition coefficient (Wildman–Crippen LogP) is 1.81. The molecule has 0 aliphatic carbocycles. The van der Waals surface area contributed by atoms with Crippen LogP contribution < -0.4 is 5.32 Å². The molecule has 1 aliphatic rings. The molecule has 1 fully saturated rings. The molecule has 1 N–H and O–H groups in total. The van der Waals surface area contributed by atoms with Gasteiger partial charge in [-0.1, -0.05) is 29.8 Å². The fraction of sp³-hybridized carbons (Fsp3) is 0.368. The lowest BCUT2D eigenvalue weighted by atomic mass is 10.1. The number of aryl methyl sites for hydroxylation is 1. The van der Waals surface area contributed by atoms with E-state index in [-0.39, 0.29) is 29.4 Å². The molecule has 28 heavy (non-hydrogen) atoms. The zero-order valence-corrected chi connectivity index (χ0v) is 16.7. The zero-order chi connectivity index (χ0) is 20.1. The Bertz CT molecular complexity index is 939. The van der Waals surface area contributed by atoms with E-state index in [0.717, 1.165) is 11.1 Å². The summed E-state index contributed by atoms with van der Waals surface area (Å²) in [6, 6.07) is 9.19. The Labute approximate surface area is 164 Å². The predicted molar refractivity (Wildman–Crippen MR) is 104 cm³/mol. The number of sulfonamides is 1. The summed E-state index contributed by atoms with van der Waals surface area (Å²) in [6.45, 7) is 3.56. The molecule has 3 rings (SSSR count). The number of methoxy groups -OCH3 is 1. The molecule has 0 bridgehead atoms. The standard InChI is InChI=1S/C19H23N3O5S/c1-14-3-5-15(6-4-14)12-20-18-17(11-16(13-21-18)19(23)26-2)28(24,25)22-7-9-27-10-8-22/h3-6,11,13H,7-10,12H2,1-2H3,(H,20,21). The Morgan fingerprint density at radius 1 is 1.25 bits per heavy atom. The summed E-state index contributed by atoms with van der Waals surface area (Å²) >= 11 is 0. The van der Waals surface area contributed by atoms with Crippen LogP contribution in [0.4, 0.5) is 5.82 Å². The molecule has 0 atom stereocenters. The molecular formula is C19H23N3O5S. The number of rotatable bonds is 6. The molecular weight excluding hydrogens is 382 g/mol. The molecule has 0 amide bonds. The van der Waals surface area contributed by atoms with Gasteiger partial charge in [-0.25, -0.2) is 18.2 Å². The second-order valence-corrected chi connectivity index (χ2v) is 8.32. The van der Waals surface area contributed by atoms with Crippen molar-refractivity contribution >= 4 is 21.8 Å². The third kappa shape index (κ3) is 4.49. The molecule has 0 radical (unpaired) electrons. The molecule has 2 aromatic rings. The zero-order valence-electron chi connectivity index (χ0n) is 15.8. The number of hydrogen-bond donors (Lipinski definition) is 1. The molecule has 0 saturated carbocycles. The molecule has 150 valence electrons. The second kappa shape index (κ2) is 8.68. The molecule has 9 heteroatoms. The summed E-state index contributed by atoms with van der Waals surface area (Å²) in [5.74, 6) is -0.448. The number of pyridine rings is 1. The van der Waals surface area contributed by atoms with Crippen molar-refractivity contribution in [3.63, 3.8) is 0 Å². The van der Waals surface area contributed by atoms with Crippen molar-refractivity contribution in [3.8, 4) is 0 Å².